The van der Waals surface area contributed by atoms with Gasteiger partial charge in [0.2, 0.25) is 5.78 Å². The van der Waals surface area contributed by atoms with Crippen LogP contribution < -0.4 is 0 Å². The number of hydrogen-bond acceptors (Lipinski definition) is 4. The predicted molar refractivity (Wildman–Crippen MR) is 71.5 cm³/mol. The maximum atomic E-state index is 12.5. The Hall–Kier alpha value is -1.72. The fourth-order valence-corrected chi connectivity index (χ4v) is 2.01. The minimum absolute atomic E-state index is 0.177. The third kappa shape index (κ3) is 2.83. The smallest absolute Gasteiger partial charge is 0.214 e. The molecule has 5 nitrogen and oxygen atoms in total. The quantitative estimate of drug-likeness (QED) is 0.787. The fraction of sp³-hybridized carbons (Fsp3) is 0.308. The molecule has 2 heterocycles. The molecule has 2 rings (SSSR count). The second-order valence-corrected chi connectivity index (χ2v) is 4.43. The van der Waals surface area contributed by atoms with E-state index in [-0.39, 0.29) is 5.78 Å². The summed E-state index contributed by atoms with van der Waals surface area (Å²) in [7, 11) is 1.60. The number of nitrogens with zero attached hydrogens (tertiary/aromatic N) is 3. The van der Waals surface area contributed by atoms with Crippen LogP contribution in [0.25, 0.3) is 0 Å². The molecule has 0 N–H and O–H groups in total. The van der Waals surface area contributed by atoms with Gasteiger partial charge in [-0.25, -0.2) is 0 Å². The van der Waals surface area contributed by atoms with Crippen LogP contribution in [0, 0.1) is 6.92 Å². The third-order valence-corrected chi connectivity index (χ3v) is 3.05. The lowest BCUT2D eigenvalue weighted by Crippen LogP contribution is -2.15. The van der Waals surface area contributed by atoms with Crippen molar-refractivity contribution in [1.29, 1.82) is 0 Å². The molecule has 0 aliphatic heterocycles. The van der Waals surface area contributed by atoms with E-state index in [4.69, 9.17) is 16.3 Å². The molecular formula is C13H14ClN3O2. The van der Waals surface area contributed by atoms with Crippen molar-refractivity contribution in [3.8, 4) is 0 Å². The molecule has 0 saturated heterocycles. The van der Waals surface area contributed by atoms with Crippen molar-refractivity contribution in [2.45, 2.75) is 13.5 Å². The van der Waals surface area contributed by atoms with E-state index in [1.807, 2.05) is 0 Å². The maximum absolute atomic E-state index is 12.5. The number of rotatable bonds is 5. The topological polar surface area (TPSA) is 57.0 Å². The number of carbonyl (C=O) groups is 1. The van der Waals surface area contributed by atoms with Crippen molar-refractivity contribution in [2.75, 3.05) is 13.7 Å². The van der Waals surface area contributed by atoms with Gasteiger partial charge >= 0.3 is 0 Å². The largest absolute Gasteiger partial charge is 0.383 e. The molecule has 100 valence electrons. The molecule has 0 amide bonds. The minimum Gasteiger partial charge on any atom is -0.383 e. The van der Waals surface area contributed by atoms with Gasteiger partial charge in [-0.3, -0.25) is 14.5 Å². The average molecular weight is 280 g/mol. The summed E-state index contributed by atoms with van der Waals surface area (Å²) in [4.78, 5) is 16.6. The molecule has 0 aliphatic rings. The van der Waals surface area contributed by atoms with E-state index in [1.54, 1.807) is 37.0 Å². The zero-order chi connectivity index (χ0) is 13.8. The number of carbonyl (C=O) groups excluding carboxylic acids is 1. The molecule has 0 atom stereocenters. The zero-order valence-electron chi connectivity index (χ0n) is 10.8. The van der Waals surface area contributed by atoms with Crippen LogP contribution in [0.2, 0.25) is 5.02 Å². The van der Waals surface area contributed by atoms with Crippen LogP contribution in [0.4, 0.5) is 0 Å². The van der Waals surface area contributed by atoms with Crippen molar-refractivity contribution < 1.29 is 9.53 Å². The summed E-state index contributed by atoms with van der Waals surface area (Å²) in [6.07, 6.45) is 3.12. The summed E-state index contributed by atoms with van der Waals surface area (Å²) in [5.74, 6) is -0.177. The molecule has 2 aromatic heterocycles. The highest BCUT2D eigenvalue weighted by Gasteiger charge is 2.20. The van der Waals surface area contributed by atoms with Crippen molar-refractivity contribution in [3.05, 3.63) is 46.5 Å². The monoisotopic (exact) mass is 279 g/mol. The second-order valence-electron chi connectivity index (χ2n) is 4.02. The number of hydrogen-bond donors (Lipinski definition) is 0. The molecule has 0 aliphatic carbocycles. The summed E-state index contributed by atoms with van der Waals surface area (Å²) in [5.41, 5.74) is 1.57. The first-order valence-corrected chi connectivity index (χ1v) is 6.19. The maximum Gasteiger partial charge on any atom is 0.214 e. The number of methoxy groups -OCH3 is 1. The van der Waals surface area contributed by atoms with Gasteiger partial charge in [0.15, 0.2) is 0 Å². The molecule has 0 spiro atoms. The molecule has 19 heavy (non-hydrogen) atoms. The zero-order valence-corrected chi connectivity index (χ0v) is 11.5. The molecule has 0 saturated carbocycles. The highest BCUT2D eigenvalue weighted by Crippen LogP contribution is 2.20. The van der Waals surface area contributed by atoms with Crippen LogP contribution in [-0.4, -0.2) is 34.3 Å². The van der Waals surface area contributed by atoms with Gasteiger partial charge in [0.05, 0.1) is 24.4 Å². The predicted octanol–water partition coefficient (Wildman–Crippen LogP) is 2.12. The molecular weight excluding hydrogens is 266 g/mol. The van der Waals surface area contributed by atoms with E-state index in [9.17, 15) is 4.79 Å². The Balaban J connectivity index is 2.39. The van der Waals surface area contributed by atoms with Gasteiger partial charge in [-0.2, -0.15) is 5.10 Å². The Morgan fingerprint density at radius 2 is 2.32 bits per heavy atom. The van der Waals surface area contributed by atoms with Gasteiger partial charge < -0.3 is 4.74 Å². The normalized spacial score (nSPS) is 10.7. The van der Waals surface area contributed by atoms with Crippen LogP contribution in [0.5, 0.6) is 0 Å². The van der Waals surface area contributed by atoms with E-state index in [0.717, 1.165) is 0 Å². The highest BCUT2D eigenvalue weighted by molar-refractivity contribution is 6.34. The van der Waals surface area contributed by atoms with Crippen LogP contribution in [-0.2, 0) is 11.3 Å². The second kappa shape index (κ2) is 5.95. The first-order chi connectivity index (χ1) is 9.15. The van der Waals surface area contributed by atoms with Crippen LogP contribution in [0.1, 0.15) is 21.7 Å². The summed E-state index contributed by atoms with van der Waals surface area (Å²) >= 11 is 6.06. The lowest BCUT2D eigenvalue weighted by molar-refractivity contribution is 0.102. The number of ketones is 1. The third-order valence-electron chi connectivity index (χ3n) is 2.77. The van der Waals surface area contributed by atoms with Crippen molar-refractivity contribution >= 4 is 17.4 Å². The van der Waals surface area contributed by atoms with Gasteiger partial charge in [0.25, 0.3) is 0 Å². The lowest BCUT2D eigenvalue weighted by Gasteiger charge is -2.08. The molecule has 0 aromatic carbocycles. The Labute approximate surface area is 116 Å². The number of aryl methyl sites for hydroxylation is 1. The van der Waals surface area contributed by atoms with E-state index in [0.29, 0.717) is 35.1 Å². The van der Waals surface area contributed by atoms with Crippen LogP contribution in [0.3, 0.4) is 0 Å². The molecule has 0 fully saturated rings. The standard InChI is InChI=1S/C13H14ClN3O2/c1-9-10(4-3-5-15-9)13(18)12-11(14)8-16-17(12)6-7-19-2/h3-5,8H,6-7H2,1-2H3. The highest BCUT2D eigenvalue weighted by atomic mass is 35.5. The first-order valence-electron chi connectivity index (χ1n) is 5.81. The fourth-order valence-electron chi connectivity index (χ4n) is 1.79. The van der Waals surface area contributed by atoms with E-state index < -0.39 is 0 Å². The van der Waals surface area contributed by atoms with E-state index >= 15 is 0 Å². The summed E-state index contributed by atoms with van der Waals surface area (Å²) in [6.45, 7) is 2.73. The average Bonchev–Trinajstić information content (AvgIpc) is 2.77. The molecule has 0 radical (unpaired) electrons. The van der Waals surface area contributed by atoms with Gasteiger partial charge in [-0.05, 0) is 19.1 Å². The molecule has 0 unspecified atom stereocenters. The molecule has 6 heteroatoms. The van der Waals surface area contributed by atoms with E-state index in [2.05, 4.69) is 10.1 Å². The van der Waals surface area contributed by atoms with Crippen molar-refractivity contribution in [1.82, 2.24) is 14.8 Å². The number of ether oxygens (including phenoxy) is 1. The number of pyridine rings is 1. The van der Waals surface area contributed by atoms with Gasteiger partial charge in [-0.1, -0.05) is 11.6 Å². The lowest BCUT2D eigenvalue weighted by atomic mass is 10.1. The van der Waals surface area contributed by atoms with Crippen molar-refractivity contribution in [3.63, 3.8) is 0 Å². The summed E-state index contributed by atoms with van der Waals surface area (Å²) < 4.78 is 6.55. The van der Waals surface area contributed by atoms with Crippen LogP contribution in [0.15, 0.2) is 24.5 Å². The summed E-state index contributed by atoms with van der Waals surface area (Å²) in [5, 5.41) is 4.43. The Bertz CT molecular complexity index is 595. The van der Waals surface area contributed by atoms with Crippen LogP contribution >= 0.6 is 11.6 Å². The first kappa shape index (κ1) is 13.7. The molecule has 0 bridgehead atoms. The summed E-state index contributed by atoms with van der Waals surface area (Å²) in [6, 6.07) is 3.46. The van der Waals surface area contributed by atoms with Crippen molar-refractivity contribution in [2.24, 2.45) is 0 Å². The number of aromatic nitrogens is 3. The molecule has 2 aromatic rings. The Kier molecular flexibility index (Phi) is 4.29. The Morgan fingerprint density at radius 1 is 1.53 bits per heavy atom. The van der Waals surface area contributed by atoms with Gasteiger partial charge in [0, 0.05) is 24.6 Å². The van der Waals surface area contributed by atoms with E-state index in [1.165, 1.54) is 6.20 Å². The van der Waals surface area contributed by atoms with Gasteiger partial charge in [0.1, 0.15) is 5.69 Å². The Morgan fingerprint density at radius 3 is 3.00 bits per heavy atom. The van der Waals surface area contributed by atoms with Gasteiger partial charge in [-0.15, -0.1) is 0 Å². The SMILES string of the molecule is COCCn1ncc(Cl)c1C(=O)c1cccnc1C. The minimum atomic E-state index is -0.177. The number of halogens is 1.